The van der Waals surface area contributed by atoms with Crippen LogP contribution in [0.15, 0.2) is 40.9 Å². The Balaban J connectivity index is 1.25. The summed E-state index contributed by atoms with van der Waals surface area (Å²) in [4.78, 5) is 19.1. The maximum Gasteiger partial charge on any atom is 0.316 e. The first-order valence-corrected chi connectivity index (χ1v) is 9.86. The van der Waals surface area contributed by atoms with Gasteiger partial charge in [-0.15, -0.1) is 5.10 Å². The minimum absolute atomic E-state index is 0.0825. The van der Waals surface area contributed by atoms with E-state index in [2.05, 4.69) is 20.5 Å². The van der Waals surface area contributed by atoms with E-state index in [0.29, 0.717) is 17.0 Å². The average molecular weight is 377 g/mol. The topological polar surface area (TPSA) is 84.1 Å². The van der Waals surface area contributed by atoms with E-state index in [1.54, 1.807) is 6.20 Å². The largest absolute Gasteiger partial charge is 0.402 e. The van der Waals surface area contributed by atoms with Crippen molar-refractivity contribution in [2.75, 3.05) is 18.4 Å². The van der Waals surface area contributed by atoms with Gasteiger partial charge in [0.05, 0.1) is 0 Å². The number of carbonyl (C=O) groups is 1. The van der Waals surface area contributed by atoms with Crippen molar-refractivity contribution in [1.29, 1.82) is 0 Å². The third kappa shape index (κ3) is 3.21. The van der Waals surface area contributed by atoms with Crippen LogP contribution in [0.2, 0.25) is 0 Å². The van der Waals surface area contributed by atoms with E-state index in [9.17, 15) is 4.79 Å². The van der Waals surface area contributed by atoms with Crippen LogP contribution in [0.5, 0.6) is 0 Å². The molecule has 3 aromatic rings. The predicted octanol–water partition coefficient (Wildman–Crippen LogP) is 3.49. The molecular weight excluding hydrogens is 354 g/mol. The maximum atomic E-state index is 12.7. The zero-order chi connectivity index (χ0) is 19.1. The average Bonchev–Trinajstić information content (AvgIpc) is 3.31. The lowest BCUT2D eigenvalue weighted by Crippen LogP contribution is -2.45. The van der Waals surface area contributed by atoms with Crippen LogP contribution < -0.4 is 5.32 Å². The Morgan fingerprint density at radius 3 is 2.64 bits per heavy atom. The minimum Gasteiger partial charge on any atom is -0.402 e. The number of nitrogens with one attached hydrogen (secondary N) is 1. The smallest absolute Gasteiger partial charge is 0.316 e. The minimum atomic E-state index is -0.411. The van der Waals surface area contributed by atoms with Crippen LogP contribution in [0.4, 0.5) is 6.01 Å². The maximum absolute atomic E-state index is 12.7. The van der Waals surface area contributed by atoms with Gasteiger partial charge in [0.15, 0.2) is 0 Å². The van der Waals surface area contributed by atoms with Crippen molar-refractivity contribution in [1.82, 2.24) is 20.1 Å². The van der Waals surface area contributed by atoms with Gasteiger partial charge in [0, 0.05) is 24.7 Å². The van der Waals surface area contributed by atoms with Crippen molar-refractivity contribution in [2.45, 2.75) is 38.6 Å². The summed E-state index contributed by atoms with van der Waals surface area (Å²) in [5.41, 5.74) is 1.17. The lowest BCUT2D eigenvalue weighted by Gasteiger charge is -2.33. The van der Waals surface area contributed by atoms with E-state index in [1.807, 2.05) is 42.2 Å². The van der Waals surface area contributed by atoms with E-state index in [0.717, 1.165) is 36.7 Å². The van der Waals surface area contributed by atoms with Crippen LogP contribution in [0.1, 0.15) is 32.6 Å². The molecule has 28 heavy (non-hydrogen) atoms. The third-order valence-corrected chi connectivity index (χ3v) is 6.08. The molecule has 2 aromatic heterocycles. The first kappa shape index (κ1) is 17.2. The van der Waals surface area contributed by atoms with Crippen LogP contribution in [0.3, 0.4) is 0 Å². The standard InChI is InChI=1S/C21H23N5O2/c1-14(19(27)26-10-8-21(6-7-21)9-11-26)23-20-25-24-18(28-20)17-12-15-4-2-3-5-16(15)13-22-17/h2-5,12-14H,6-11H2,1H3,(H,23,25)/t14-/m0/s1. The number of pyridine rings is 1. The number of fused-ring (bicyclic) bond motifs is 1. The monoisotopic (exact) mass is 377 g/mol. The summed E-state index contributed by atoms with van der Waals surface area (Å²) < 4.78 is 5.70. The number of carbonyl (C=O) groups excluding carboxylic acids is 1. The van der Waals surface area contributed by atoms with Crippen molar-refractivity contribution >= 4 is 22.7 Å². The van der Waals surface area contributed by atoms with E-state index in [-0.39, 0.29) is 11.9 Å². The first-order chi connectivity index (χ1) is 13.6. The van der Waals surface area contributed by atoms with Crippen LogP contribution >= 0.6 is 0 Å². The van der Waals surface area contributed by atoms with Crippen molar-refractivity contribution in [3.8, 4) is 11.6 Å². The molecule has 2 aliphatic rings. The Hall–Kier alpha value is -2.96. The van der Waals surface area contributed by atoms with Crippen LogP contribution in [0, 0.1) is 5.41 Å². The number of aromatic nitrogens is 3. The molecule has 0 bridgehead atoms. The van der Waals surface area contributed by atoms with Gasteiger partial charge in [0.2, 0.25) is 5.91 Å². The van der Waals surface area contributed by atoms with Gasteiger partial charge in [-0.25, -0.2) is 0 Å². The van der Waals surface area contributed by atoms with Gasteiger partial charge in [0.1, 0.15) is 11.7 Å². The molecule has 5 rings (SSSR count). The number of rotatable bonds is 4. The SMILES string of the molecule is C[C@H](Nc1nnc(-c2cc3ccccc3cn2)o1)C(=O)N1CCC2(CC1)CC2. The van der Waals surface area contributed by atoms with Crippen LogP contribution in [-0.2, 0) is 4.79 Å². The van der Waals surface area contributed by atoms with Crippen LogP contribution in [-0.4, -0.2) is 45.1 Å². The molecule has 2 fully saturated rings. The number of piperidine rings is 1. The number of amides is 1. The zero-order valence-corrected chi connectivity index (χ0v) is 15.9. The number of hydrogen-bond acceptors (Lipinski definition) is 6. The van der Waals surface area contributed by atoms with E-state index < -0.39 is 6.04 Å². The zero-order valence-electron chi connectivity index (χ0n) is 15.9. The Kier molecular flexibility index (Phi) is 4.03. The molecule has 1 aliphatic carbocycles. The molecule has 1 saturated carbocycles. The second kappa shape index (κ2) is 6.58. The Labute approximate surface area is 163 Å². The second-order valence-corrected chi connectivity index (χ2v) is 8.02. The summed E-state index contributed by atoms with van der Waals surface area (Å²) in [7, 11) is 0. The van der Waals surface area contributed by atoms with E-state index in [4.69, 9.17) is 4.42 Å². The van der Waals surface area contributed by atoms with Gasteiger partial charge in [0.25, 0.3) is 5.89 Å². The molecular formula is C21H23N5O2. The van der Waals surface area contributed by atoms with E-state index >= 15 is 0 Å². The number of anilines is 1. The van der Waals surface area contributed by atoms with Gasteiger partial charge < -0.3 is 14.6 Å². The fraction of sp³-hybridized carbons (Fsp3) is 0.429. The fourth-order valence-electron chi connectivity index (χ4n) is 3.98. The fourth-order valence-corrected chi connectivity index (χ4v) is 3.98. The Bertz CT molecular complexity index is 1020. The molecule has 7 nitrogen and oxygen atoms in total. The summed E-state index contributed by atoms with van der Waals surface area (Å²) in [6.45, 7) is 3.53. The highest BCUT2D eigenvalue weighted by molar-refractivity contribution is 5.85. The van der Waals surface area contributed by atoms with E-state index in [1.165, 1.54) is 12.8 Å². The summed E-state index contributed by atoms with van der Waals surface area (Å²) in [6.07, 6.45) is 6.71. The number of benzene rings is 1. The van der Waals surface area contributed by atoms with Crippen molar-refractivity contribution in [3.63, 3.8) is 0 Å². The Morgan fingerprint density at radius 1 is 1.14 bits per heavy atom. The van der Waals surface area contributed by atoms with Gasteiger partial charge in [-0.3, -0.25) is 9.78 Å². The predicted molar refractivity (Wildman–Crippen MR) is 106 cm³/mol. The molecule has 3 heterocycles. The normalized spacial score (nSPS) is 19.0. The molecule has 1 N–H and O–H groups in total. The van der Waals surface area contributed by atoms with Crippen LogP contribution in [0.25, 0.3) is 22.4 Å². The van der Waals surface area contributed by atoms with Gasteiger partial charge in [-0.2, -0.15) is 0 Å². The number of likely N-dealkylation sites (tertiary alicyclic amines) is 1. The van der Waals surface area contributed by atoms with Gasteiger partial charge >= 0.3 is 6.01 Å². The lowest BCUT2D eigenvalue weighted by molar-refractivity contribution is -0.133. The second-order valence-electron chi connectivity index (χ2n) is 8.02. The highest BCUT2D eigenvalue weighted by Gasteiger charge is 2.45. The lowest BCUT2D eigenvalue weighted by atomic mass is 9.93. The molecule has 1 spiro atoms. The molecule has 0 unspecified atom stereocenters. The quantitative estimate of drug-likeness (QED) is 0.749. The number of nitrogens with zero attached hydrogens (tertiary/aromatic N) is 4. The molecule has 1 amide bonds. The highest BCUT2D eigenvalue weighted by Crippen LogP contribution is 2.53. The highest BCUT2D eigenvalue weighted by atomic mass is 16.4. The molecule has 1 aliphatic heterocycles. The van der Waals surface area contributed by atoms with Crippen molar-refractivity contribution in [3.05, 3.63) is 36.5 Å². The summed E-state index contributed by atoms with van der Waals surface area (Å²) in [5, 5.41) is 13.3. The summed E-state index contributed by atoms with van der Waals surface area (Å²) in [5.74, 6) is 0.417. The molecule has 1 saturated heterocycles. The molecule has 1 aromatic carbocycles. The molecule has 1 atom stereocenters. The van der Waals surface area contributed by atoms with Crippen molar-refractivity contribution in [2.24, 2.45) is 5.41 Å². The van der Waals surface area contributed by atoms with Gasteiger partial charge in [-0.05, 0) is 49.5 Å². The summed E-state index contributed by atoms with van der Waals surface area (Å²) >= 11 is 0. The first-order valence-electron chi connectivity index (χ1n) is 9.86. The van der Waals surface area contributed by atoms with Gasteiger partial charge in [-0.1, -0.05) is 29.4 Å². The molecule has 144 valence electrons. The third-order valence-electron chi connectivity index (χ3n) is 6.08. The summed E-state index contributed by atoms with van der Waals surface area (Å²) in [6, 6.07) is 9.72. The van der Waals surface area contributed by atoms with Crippen molar-refractivity contribution < 1.29 is 9.21 Å². The molecule has 7 heteroatoms. The Morgan fingerprint density at radius 2 is 1.89 bits per heavy atom. The number of hydrogen-bond donors (Lipinski definition) is 1. The molecule has 0 radical (unpaired) electrons.